The van der Waals surface area contributed by atoms with Crippen molar-refractivity contribution in [3.05, 3.63) is 48.6 Å². The molecule has 0 saturated heterocycles. The van der Waals surface area contributed by atoms with Crippen molar-refractivity contribution < 1.29 is 28.6 Å². The number of allylic oxidation sites excluding steroid dienone is 8. The third-order valence-electron chi connectivity index (χ3n) is 15.3. The lowest BCUT2D eigenvalue weighted by molar-refractivity contribution is -0.167. The predicted octanol–water partition coefficient (Wildman–Crippen LogP) is 23.3. The molecule has 77 heavy (non-hydrogen) atoms. The Morgan fingerprint density at radius 3 is 0.766 bits per heavy atom. The summed E-state index contributed by atoms with van der Waals surface area (Å²) in [5, 5.41) is 0. The molecule has 0 aliphatic rings. The van der Waals surface area contributed by atoms with Crippen molar-refractivity contribution in [3.8, 4) is 0 Å². The van der Waals surface area contributed by atoms with Crippen LogP contribution in [0, 0.1) is 0 Å². The van der Waals surface area contributed by atoms with E-state index in [2.05, 4.69) is 69.4 Å². The van der Waals surface area contributed by atoms with E-state index in [1.807, 2.05) is 0 Å². The number of hydrogen-bond acceptors (Lipinski definition) is 6. The Balaban J connectivity index is 4.35. The van der Waals surface area contributed by atoms with E-state index < -0.39 is 6.10 Å². The Morgan fingerprint density at radius 1 is 0.260 bits per heavy atom. The summed E-state index contributed by atoms with van der Waals surface area (Å²) in [4.78, 5) is 38.4. The summed E-state index contributed by atoms with van der Waals surface area (Å²) in [7, 11) is 0. The Labute approximate surface area is 479 Å². The summed E-state index contributed by atoms with van der Waals surface area (Å²) in [6.45, 7) is 6.64. The second-order valence-corrected chi connectivity index (χ2v) is 23.1. The van der Waals surface area contributed by atoms with Gasteiger partial charge in [0.05, 0.1) is 0 Å². The van der Waals surface area contributed by atoms with Crippen LogP contribution in [0.5, 0.6) is 0 Å². The van der Waals surface area contributed by atoms with E-state index in [1.54, 1.807) is 0 Å². The summed E-state index contributed by atoms with van der Waals surface area (Å²) >= 11 is 0. The van der Waals surface area contributed by atoms with Gasteiger partial charge >= 0.3 is 17.9 Å². The van der Waals surface area contributed by atoms with Gasteiger partial charge in [-0.25, -0.2) is 0 Å². The molecule has 0 unspecified atom stereocenters. The van der Waals surface area contributed by atoms with Gasteiger partial charge in [0.15, 0.2) is 6.10 Å². The molecule has 450 valence electrons. The second-order valence-electron chi connectivity index (χ2n) is 23.1. The molecule has 0 heterocycles. The van der Waals surface area contributed by atoms with Crippen LogP contribution in [0.4, 0.5) is 0 Å². The quantitative estimate of drug-likeness (QED) is 0.0261. The fourth-order valence-corrected chi connectivity index (χ4v) is 10.2. The SMILES string of the molecule is CCCCC/C=C\C/C=C\C/C=C\C/C=C\CCCC(=O)OC(COC(=O)CCCCCCCCCCCCCCCCCCCCCCC)COC(=O)CCCCCCCCCCCCCCCCCCCCCCC. The van der Waals surface area contributed by atoms with Crippen molar-refractivity contribution >= 4 is 17.9 Å². The van der Waals surface area contributed by atoms with Crippen LogP contribution in [0.2, 0.25) is 0 Å². The highest BCUT2D eigenvalue weighted by Crippen LogP contribution is 2.18. The molecular weight excluding hydrogens is 949 g/mol. The van der Waals surface area contributed by atoms with Crippen LogP contribution >= 0.6 is 0 Å². The lowest BCUT2D eigenvalue weighted by Crippen LogP contribution is -2.30. The van der Waals surface area contributed by atoms with Crippen LogP contribution in [0.15, 0.2) is 48.6 Å². The number of unbranched alkanes of at least 4 members (excludes halogenated alkanes) is 44. The molecule has 0 amide bonds. The van der Waals surface area contributed by atoms with Crippen LogP contribution in [-0.2, 0) is 28.6 Å². The molecule has 6 nitrogen and oxygen atoms in total. The van der Waals surface area contributed by atoms with Gasteiger partial charge in [-0.2, -0.15) is 0 Å². The first kappa shape index (κ1) is 74.4. The van der Waals surface area contributed by atoms with E-state index in [1.165, 1.54) is 257 Å². The van der Waals surface area contributed by atoms with Gasteiger partial charge in [0, 0.05) is 19.3 Å². The van der Waals surface area contributed by atoms with Crippen LogP contribution in [0.3, 0.4) is 0 Å². The maximum absolute atomic E-state index is 12.9. The summed E-state index contributed by atoms with van der Waals surface area (Å²) < 4.78 is 16.9. The molecule has 0 bridgehead atoms. The smallest absolute Gasteiger partial charge is 0.306 e. The number of ether oxygens (including phenoxy) is 3. The van der Waals surface area contributed by atoms with Crippen molar-refractivity contribution in [2.24, 2.45) is 0 Å². The van der Waals surface area contributed by atoms with E-state index in [0.29, 0.717) is 19.3 Å². The largest absolute Gasteiger partial charge is 0.462 e. The minimum atomic E-state index is -0.800. The molecule has 6 heteroatoms. The Morgan fingerprint density at radius 2 is 0.481 bits per heavy atom. The maximum atomic E-state index is 12.9. The minimum absolute atomic E-state index is 0.0896. The van der Waals surface area contributed by atoms with Crippen molar-refractivity contribution in [3.63, 3.8) is 0 Å². The predicted molar refractivity (Wildman–Crippen MR) is 335 cm³/mol. The van der Waals surface area contributed by atoms with Crippen LogP contribution < -0.4 is 0 Å². The number of hydrogen-bond donors (Lipinski definition) is 0. The summed E-state index contributed by atoms with van der Waals surface area (Å²) in [6, 6.07) is 0. The molecular formula is C71H130O6. The molecule has 0 aromatic carbocycles. The molecule has 0 saturated carbocycles. The first-order valence-corrected chi connectivity index (χ1v) is 34.1. The van der Waals surface area contributed by atoms with E-state index in [0.717, 1.165) is 64.2 Å². The van der Waals surface area contributed by atoms with Gasteiger partial charge in [-0.15, -0.1) is 0 Å². The van der Waals surface area contributed by atoms with Gasteiger partial charge in [-0.1, -0.05) is 339 Å². The maximum Gasteiger partial charge on any atom is 0.306 e. The van der Waals surface area contributed by atoms with E-state index in [9.17, 15) is 14.4 Å². The summed E-state index contributed by atoms with van der Waals surface area (Å²) in [6.07, 6.45) is 82.8. The Kier molecular flexibility index (Phi) is 63.6. The topological polar surface area (TPSA) is 78.9 Å². The molecule has 0 atom stereocenters. The molecule has 0 spiro atoms. The van der Waals surface area contributed by atoms with E-state index in [4.69, 9.17) is 14.2 Å². The first-order valence-electron chi connectivity index (χ1n) is 34.1. The van der Waals surface area contributed by atoms with Gasteiger partial charge < -0.3 is 14.2 Å². The summed E-state index contributed by atoms with van der Waals surface area (Å²) in [5.41, 5.74) is 0. The Hall–Kier alpha value is -2.63. The zero-order chi connectivity index (χ0) is 55.7. The number of carbonyl (C=O) groups is 3. The van der Waals surface area contributed by atoms with E-state index in [-0.39, 0.29) is 37.5 Å². The zero-order valence-electron chi connectivity index (χ0n) is 51.7. The average Bonchev–Trinajstić information content (AvgIpc) is 3.43. The highest BCUT2D eigenvalue weighted by atomic mass is 16.6. The minimum Gasteiger partial charge on any atom is -0.462 e. The van der Waals surface area contributed by atoms with Crippen LogP contribution in [0.25, 0.3) is 0 Å². The van der Waals surface area contributed by atoms with Crippen molar-refractivity contribution in [1.29, 1.82) is 0 Å². The molecule has 0 rings (SSSR count). The number of esters is 3. The zero-order valence-corrected chi connectivity index (χ0v) is 51.7. The van der Waals surface area contributed by atoms with Gasteiger partial charge in [0.2, 0.25) is 0 Å². The molecule has 0 radical (unpaired) electrons. The lowest BCUT2D eigenvalue weighted by atomic mass is 10.0. The van der Waals surface area contributed by atoms with E-state index >= 15 is 0 Å². The molecule has 0 fully saturated rings. The number of rotatable bonds is 63. The number of carbonyl (C=O) groups excluding carboxylic acids is 3. The summed E-state index contributed by atoms with van der Waals surface area (Å²) in [5.74, 6) is -0.919. The van der Waals surface area contributed by atoms with Crippen molar-refractivity contribution in [2.45, 2.75) is 374 Å². The van der Waals surface area contributed by atoms with Gasteiger partial charge in [-0.3, -0.25) is 14.4 Å². The second kappa shape index (κ2) is 65.9. The molecule has 0 aromatic rings. The molecule has 0 aliphatic heterocycles. The molecule has 0 N–H and O–H groups in total. The monoisotopic (exact) mass is 1080 g/mol. The fourth-order valence-electron chi connectivity index (χ4n) is 10.2. The fraction of sp³-hybridized carbons (Fsp3) is 0.845. The van der Waals surface area contributed by atoms with Crippen LogP contribution in [-0.4, -0.2) is 37.2 Å². The van der Waals surface area contributed by atoms with Crippen LogP contribution in [0.1, 0.15) is 367 Å². The standard InChI is InChI=1S/C71H130O6/c1-4-7-10-13-16-19-22-25-28-31-33-35-37-40-42-45-48-51-54-57-60-63-69(72)75-66-68(77-71(74)65-62-59-56-53-50-47-44-39-30-27-24-21-18-15-12-9-6-3)67-76-70(73)64-61-58-55-52-49-46-43-41-38-36-34-32-29-26-23-20-17-14-11-8-5-2/h18,21,27,30,44,47,53,56,68H,4-17,19-20,22-26,28-29,31-43,45-46,48-52,54-55,57-67H2,1-3H3/b21-18-,30-27-,47-44-,56-53-. The third-order valence-corrected chi connectivity index (χ3v) is 15.3. The lowest BCUT2D eigenvalue weighted by Gasteiger charge is -2.18. The van der Waals surface area contributed by atoms with Crippen molar-refractivity contribution in [1.82, 2.24) is 0 Å². The normalized spacial score (nSPS) is 11.9. The first-order chi connectivity index (χ1) is 38.0. The highest BCUT2D eigenvalue weighted by Gasteiger charge is 2.19. The van der Waals surface area contributed by atoms with Gasteiger partial charge in [-0.05, 0) is 57.8 Å². The Bertz CT molecular complexity index is 1270. The third kappa shape index (κ3) is 64.1. The van der Waals surface area contributed by atoms with Crippen molar-refractivity contribution in [2.75, 3.05) is 13.2 Å². The highest BCUT2D eigenvalue weighted by molar-refractivity contribution is 5.71. The van der Waals surface area contributed by atoms with Gasteiger partial charge in [0.1, 0.15) is 13.2 Å². The molecule has 0 aromatic heterocycles. The average molecular weight is 1080 g/mol. The molecule has 0 aliphatic carbocycles. The van der Waals surface area contributed by atoms with Gasteiger partial charge in [0.25, 0.3) is 0 Å².